The van der Waals surface area contributed by atoms with Gasteiger partial charge in [-0.25, -0.2) is 8.42 Å². The Morgan fingerprint density at radius 2 is 2.11 bits per heavy atom. The minimum atomic E-state index is -3.29. The Morgan fingerprint density at radius 3 is 2.68 bits per heavy atom. The van der Waals surface area contributed by atoms with Gasteiger partial charge in [0.1, 0.15) is 0 Å². The molecule has 0 aliphatic carbocycles. The number of hydrogen-bond donors (Lipinski definition) is 1. The lowest BCUT2D eigenvalue weighted by atomic mass is 10.3. The average molecular weight is 298 g/mol. The van der Waals surface area contributed by atoms with Crippen molar-refractivity contribution in [3.05, 3.63) is 24.3 Å². The molecule has 0 unspecified atom stereocenters. The van der Waals surface area contributed by atoms with E-state index in [-0.39, 0.29) is 12.3 Å². The van der Waals surface area contributed by atoms with Crippen molar-refractivity contribution in [1.82, 2.24) is 4.31 Å². The van der Waals surface area contributed by atoms with Crippen LogP contribution in [0.15, 0.2) is 29.2 Å². The van der Waals surface area contributed by atoms with Gasteiger partial charge in [0.25, 0.3) is 0 Å². The Kier molecular flexibility index (Phi) is 6.22. The van der Waals surface area contributed by atoms with Crippen LogP contribution in [0, 0.1) is 12.3 Å². The first-order valence-electron chi connectivity index (χ1n) is 5.90. The van der Waals surface area contributed by atoms with E-state index in [1.165, 1.54) is 16.1 Å². The predicted octanol–water partition coefficient (Wildman–Crippen LogP) is 1.65. The van der Waals surface area contributed by atoms with E-state index in [0.717, 1.165) is 4.90 Å². The fraction of sp³-hybridized carbons (Fsp3) is 0.385. The van der Waals surface area contributed by atoms with E-state index in [1.54, 1.807) is 13.0 Å². The van der Waals surface area contributed by atoms with Gasteiger partial charge >= 0.3 is 0 Å². The number of para-hydroxylation sites is 1. The van der Waals surface area contributed by atoms with E-state index in [4.69, 9.17) is 12.2 Å². The van der Waals surface area contributed by atoms with Crippen LogP contribution in [-0.2, 0) is 10.0 Å². The number of nitrogens with zero attached hydrogens (tertiary/aromatic N) is 1. The summed E-state index contributed by atoms with van der Waals surface area (Å²) >= 11 is 1.44. The summed E-state index contributed by atoms with van der Waals surface area (Å²) in [5, 5.41) is 0. The highest BCUT2D eigenvalue weighted by molar-refractivity contribution is 8.00. The molecule has 0 atom stereocenters. The summed E-state index contributed by atoms with van der Waals surface area (Å²) in [5.41, 5.74) is 6.46. The van der Waals surface area contributed by atoms with E-state index >= 15 is 0 Å². The lowest BCUT2D eigenvalue weighted by molar-refractivity contribution is 0.465. The predicted molar refractivity (Wildman–Crippen MR) is 81.4 cm³/mol. The fourth-order valence-electron chi connectivity index (χ4n) is 1.51. The number of nitrogens with two attached hydrogens (primary N) is 1. The molecule has 0 bridgehead atoms. The van der Waals surface area contributed by atoms with Gasteiger partial charge in [-0.1, -0.05) is 25.0 Å². The molecule has 1 aromatic carbocycles. The third-order valence-electron chi connectivity index (χ3n) is 2.53. The summed E-state index contributed by atoms with van der Waals surface area (Å²) in [5.74, 6) is 2.88. The van der Waals surface area contributed by atoms with E-state index in [1.807, 2.05) is 18.2 Å². The zero-order valence-corrected chi connectivity index (χ0v) is 12.5. The van der Waals surface area contributed by atoms with Crippen LogP contribution < -0.4 is 5.73 Å². The first kappa shape index (κ1) is 15.9. The quantitative estimate of drug-likeness (QED) is 0.472. The molecule has 0 heterocycles. The molecule has 1 rings (SSSR count). The normalized spacial score (nSPS) is 11.4. The van der Waals surface area contributed by atoms with Crippen LogP contribution in [0.3, 0.4) is 0 Å². The molecule has 0 radical (unpaired) electrons. The molecule has 0 aromatic heterocycles. The largest absolute Gasteiger partial charge is 0.398 e. The smallest absolute Gasteiger partial charge is 0.215 e. The SMILES string of the molecule is C#CCN(CC)S(=O)(=O)CCSc1ccccc1N. The average Bonchev–Trinajstić information content (AvgIpc) is 2.38. The molecule has 0 saturated carbocycles. The maximum absolute atomic E-state index is 12.0. The van der Waals surface area contributed by atoms with Gasteiger partial charge in [0, 0.05) is 22.9 Å². The molecule has 104 valence electrons. The van der Waals surface area contributed by atoms with Crippen LogP contribution in [0.5, 0.6) is 0 Å². The molecule has 0 saturated heterocycles. The first-order chi connectivity index (χ1) is 9.01. The van der Waals surface area contributed by atoms with Crippen LogP contribution in [0.4, 0.5) is 5.69 Å². The van der Waals surface area contributed by atoms with Crippen molar-refractivity contribution >= 4 is 27.5 Å². The molecule has 0 spiro atoms. The maximum Gasteiger partial charge on any atom is 0.215 e. The van der Waals surface area contributed by atoms with Crippen LogP contribution in [0.2, 0.25) is 0 Å². The minimum absolute atomic E-state index is 0.0571. The summed E-state index contributed by atoms with van der Waals surface area (Å²) in [7, 11) is -3.29. The van der Waals surface area contributed by atoms with E-state index in [0.29, 0.717) is 18.0 Å². The van der Waals surface area contributed by atoms with Crippen molar-refractivity contribution in [3.63, 3.8) is 0 Å². The first-order valence-corrected chi connectivity index (χ1v) is 8.49. The molecule has 6 heteroatoms. The van der Waals surface area contributed by atoms with Crippen LogP contribution in [0.1, 0.15) is 6.92 Å². The molecule has 2 N–H and O–H groups in total. The highest BCUT2D eigenvalue weighted by Crippen LogP contribution is 2.24. The lowest BCUT2D eigenvalue weighted by Crippen LogP contribution is -2.33. The second kappa shape index (κ2) is 7.43. The van der Waals surface area contributed by atoms with Gasteiger partial charge in [-0.2, -0.15) is 4.31 Å². The summed E-state index contributed by atoms with van der Waals surface area (Å²) < 4.78 is 25.3. The maximum atomic E-state index is 12.0. The lowest BCUT2D eigenvalue weighted by Gasteiger charge is -2.17. The van der Waals surface area contributed by atoms with Gasteiger partial charge in [0.2, 0.25) is 10.0 Å². The molecule has 1 aromatic rings. The Labute approximate surface area is 119 Å². The number of thioether (sulfide) groups is 1. The Bertz CT molecular complexity index is 550. The van der Waals surface area contributed by atoms with Crippen molar-refractivity contribution < 1.29 is 8.42 Å². The van der Waals surface area contributed by atoms with Crippen molar-refractivity contribution in [3.8, 4) is 12.3 Å². The Hall–Kier alpha value is -1.16. The molecular formula is C13H18N2O2S2. The zero-order valence-electron chi connectivity index (χ0n) is 10.9. The molecule has 0 amide bonds. The molecule has 19 heavy (non-hydrogen) atoms. The minimum Gasteiger partial charge on any atom is -0.398 e. The van der Waals surface area contributed by atoms with Crippen molar-refractivity contribution in [2.75, 3.05) is 30.3 Å². The number of terminal acetylenes is 1. The van der Waals surface area contributed by atoms with Crippen molar-refractivity contribution in [2.24, 2.45) is 0 Å². The van der Waals surface area contributed by atoms with Crippen LogP contribution in [0.25, 0.3) is 0 Å². The van der Waals surface area contributed by atoms with Gasteiger partial charge in [0.15, 0.2) is 0 Å². The van der Waals surface area contributed by atoms with E-state index < -0.39 is 10.0 Å². The molecular weight excluding hydrogens is 280 g/mol. The molecule has 0 aliphatic rings. The Balaban J connectivity index is 2.57. The molecule has 4 nitrogen and oxygen atoms in total. The monoisotopic (exact) mass is 298 g/mol. The number of rotatable bonds is 7. The topological polar surface area (TPSA) is 63.4 Å². The van der Waals surface area contributed by atoms with Crippen LogP contribution >= 0.6 is 11.8 Å². The number of nitrogen functional groups attached to an aromatic ring is 1. The number of sulfonamides is 1. The van der Waals surface area contributed by atoms with Crippen molar-refractivity contribution in [1.29, 1.82) is 0 Å². The summed E-state index contributed by atoms with van der Waals surface area (Å²) in [6.45, 7) is 2.29. The van der Waals surface area contributed by atoms with Gasteiger partial charge in [-0.3, -0.25) is 0 Å². The summed E-state index contributed by atoms with van der Waals surface area (Å²) in [4.78, 5) is 0.901. The van der Waals surface area contributed by atoms with Gasteiger partial charge in [0.05, 0.1) is 12.3 Å². The fourth-order valence-corrected chi connectivity index (χ4v) is 4.23. The summed E-state index contributed by atoms with van der Waals surface area (Å²) in [6, 6.07) is 7.41. The second-order valence-electron chi connectivity index (χ2n) is 3.83. The second-order valence-corrected chi connectivity index (χ2v) is 7.06. The van der Waals surface area contributed by atoms with Crippen molar-refractivity contribution in [2.45, 2.75) is 11.8 Å². The third-order valence-corrected chi connectivity index (χ3v) is 5.78. The number of benzene rings is 1. The third kappa shape index (κ3) is 4.78. The Morgan fingerprint density at radius 1 is 1.42 bits per heavy atom. The summed E-state index contributed by atoms with van der Waals surface area (Å²) in [6.07, 6.45) is 5.16. The zero-order chi connectivity index (χ0) is 14.3. The van der Waals surface area contributed by atoms with E-state index in [9.17, 15) is 8.42 Å². The van der Waals surface area contributed by atoms with Gasteiger partial charge < -0.3 is 5.73 Å². The molecule has 0 aliphatic heterocycles. The highest BCUT2D eigenvalue weighted by Gasteiger charge is 2.19. The van der Waals surface area contributed by atoms with Gasteiger partial charge in [-0.05, 0) is 12.1 Å². The van der Waals surface area contributed by atoms with Gasteiger partial charge in [-0.15, -0.1) is 18.2 Å². The van der Waals surface area contributed by atoms with Crippen LogP contribution in [-0.4, -0.2) is 37.3 Å². The standard InChI is InChI=1S/C13H18N2O2S2/c1-3-9-15(4-2)19(16,17)11-10-18-13-8-6-5-7-12(13)14/h1,5-8H,4,9-11,14H2,2H3. The number of hydrogen-bond acceptors (Lipinski definition) is 4. The highest BCUT2D eigenvalue weighted by atomic mass is 32.2. The number of anilines is 1. The van der Waals surface area contributed by atoms with E-state index in [2.05, 4.69) is 5.92 Å². The molecule has 0 fully saturated rings.